The van der Waals surface area contributed by atoms with Crippen molar-refractivity contribution in [2.24, 2.45) is 0 Å². The SMILES string of the molecule is C[C@H]1CN(C(=O)c2c[nH]c3ccccc23)CCN1. The Morgan fingerprint density at radius 3 is 3.06 bits per heavy atom. The lowest BCUT2D eigenvalue weighted by Gasteiger charge is -2.31. The van der Waals surface area contributed by atoms with E-state index >= 15 is 0 Å². The van der Waals surface area contributed by atoms with E-state index < -0.39 is 0 Å². The van der Waals surface area contributed by atoms with Crippen molar-refractivity contribution >= 4 is 16.8 Å². The second-order valence-corrected chi connectivity index (χ2v) is 4.85. The number of benzene rings is 1. The van der Waals surface area contributed by atoms with E-state index in [0.29, 0.717) is 6.04 Å². The van der Waals surface area contributed by atoms with Gasteiger partial charge in [0.15, 0.2) is 0 Å². The number of fused-ring (bicyclic) bond motifs is 1. The van der Waals surface area contributed by atoms with Crippen LogP contribution in [0.25, 0.3) is 10.9 Å². The van der Waals surface area contributed by atoms with Gasteiger partial charge in [0.1, 0.15) is 0 Å². The molecule has 2 heterocycles. The van der Waals surface area contributed by atoms with Crippen LogP contribution in [0.3, 0.4) is 0 Å². The number of rotatable bonds is 1. The van der Waals surface area contributed by atoms with E-state index in [2.05, 4.69) is 17.2 Å². The van der Waals surface area contributed by atoms with Crippen molar-refractivity contribution in [1.29, 1.82) is 0 Å². The molecular weight excluding hydrogens is 226 g/mol. The van der Waals surface area contributed by atoms with E-state index in [0.717, 1.165) is 36.1 Å². The number of hydrogen-bond acceptors (Lipinski definition) is 2. The van der Waals surface area contributed by atoms with Gasteiger partial charge < -0.3 is 15.2 Å². The van der Waals surface area contributed by atoms with Gasteiger partial charge >= 0.3 is 0 Å². The van der Waals surface area contributed by atoms with Gasteiger partial charge in [-0.3, -0.25) is 4.79 Å². The molecule has 1 atom stereocenters. The minimum Gasteiger partial charge on any atom is -0.360 e. The molecule has 1 aromatic carbocycles. The van der Waals surface area contributed by atoms with Gasteiger partial charge in [-0.15, -0.1) is 0 Å². The lowest BCUT2D eigenvalue weighted by atomic mass is 10.1. The summed E-state index contributed by atoms with van der Waals surface area (Å²) in [5.74, 6) is 0.126. The highest BCUT2D eigenvalue weighted by Gasteiger charge is 2.23. The predicted molar refractivity (Wildman–Crippen MR) is 71.7 cm³/mol. The molecule has 4 heteroatoms. The maximum atomic E-state index is 12.5. The first-order chi connectivity index (χ1) is 8.75. The molecule has 0 spiro atoms. The average molecular weight is 243 g/mol. The first kappa shape index (κ1) is 11.3. The second-order valence-electron chi connectivity index (χ2n) is 4.85. The van der Waals surface area contributed by atoms with Crippen LogP contribution >= 0.6 is 0 Å². The summed E-state index contributed by atoms with van der Waals surface area (Å²) in [6, 6.07) is 8.29. The fraction of sp³-hybridized carbons (Fsp3) is 0.357. The number of aromatic amines is 1. The second kappa shape index (κ2) is 4.46. The molecule has 94 valence electrons. The number of para-hydroxylation sites is 1. The number of H-pyrrole nitrogens is 1. The molecule has 1 amide bonds. The van der Waals surface area contributed by atoms with Crippen LogP contribution in [0.5, 0.6) is 0 Å². The third-order valence-corrected chi connectivity index (χ3v) is 3.48. The minimum atomic E-state index is 0.126. The van der Waals surface area contributed by atoms with Crippen molar-refractivity contribution in [2.45, 2.75) is 13.0 Å². The van der Waals surface area contributed by atoms with Gasteiger partial charge in [-0.2, -0.15) is 0 Å². The standard InChI is InChI=1S/C14H17N3O/c1-10-9-17(7-6-15-10)14(18)12-8-16-13-5-3-2-4-11(12)13/h2-5,8,10,15-16H,6-7,9H2,1H3/t10-/m0/s1. The molecule has 1 saturated heterocycles. The van der Waals surface area contributed by atoms with E-state index in [1.165, 1.54) is 0 Å². The van der Waals surface area contributed by atoms with Crippen LogP contribution in [0, 0.1) is 0 Å². The summed E-state index contributed by atoms with van der Waals surface area (Å²) < 4.78 is 0. The molecule has 0 saturated carbocycles. The van der Waals surface area contributed by atoms with Crippen molar-refractivity contribution in [1.82, 2.24) is 15.2 Å². The van der Waals surface area contributed by atoms with Gasteiger partial charge in [0.2, 0.25) is 0 Å². The normalized spacial score (nSPS) is 20.3. The Hall–Kier alpha value is -1.81. The van der Waals surface area contributed by atoms with Crippen LogP contribution in [-0.4, -0.2) is 41.5 Å². The molecule has 2 N–H and O–H groups in total. The number of carbonyl (C=O) groups is 1. The topological polar surface area (TPSA) is 48.1 Å². The summed E-state index contributed by atoms with van der Waals surface area (Å²) in [5, 5.41) is 4.36. The molecule has 18 heavy (non-hydrogen) atoms. The summed E-state index contributed by atoms with van der Waals surface area (Å²) in [6.07, 6.45) is 1.82. The zero-order valence-corrected chi connectivity index (χ0v) is 10.4. The number of nitrogens with one attached hydrogen (secondary N) is 2. The molecule has 1 aromatic heterocycles. The summed E-state index contributed by atoms with van der Waals surface area (Å²) in [5.41, 5.74) is 1.80. The third kappa shape index (κ3) is 1.88. The highest BCUT2D eigenvalue weighted by atomic mass is 16.2. The molecule has 0 unspecified atom stereocenters. The Morgan fingerprint density at radius 1 is 1.39 bits per heavy atom. The lowest BCUT2D eigenvalue weighted by molar-refractivity contribution is 0.0711. The van der Waals surface area contributed by atoms with Crippen molar-refractivity contribution in [2.75, 3.05) is 19.6 Å². The highest BCUT2D eigenvalue weighted by molar-refractivity contribution is 6.06. The van der Waals surface area contributed by atoms with Gasteiger partial charge in [-0.25, -0.2) is 0 Å². The van der Waals surface area contributed by atoms with Gasteiger partial charge in [-0.05, 0) is 13.0 Å². The predicted octanol–water partition coefficient (Wildman–Crippen LogP) is 1.60. The van der Waals surface area contributed by atoms with Crippen LogP contribution < -0.4 is 5.32 Å². The quantitative estimate of drug-likeness (QED) is 0.799. The molecule has 1 aliphatic heterocycles. The molecule has 2 aromatic rings. The van der Waals surface area contributed by atoms with Crippen molar-refractivity contribution in [3.8, 4) is 0 Å². The van der Waals surface area contributed by atoms with E-state index in [-0.39, 0.29) is 5.91 Å². The Balaban J connectivity index is 1.92. The lowest BCUT2D eigenvalue weighted by Crippen LogP contribution is -2.51. The van der Waals surface area contributed by atoms with Gasteiger partial charge in [0, 0.05) is 42.8 Å². The van der Waals surface area contributed by atoms with Gasteiger partial charge in [0.05, 0.1) is 5.56 Å². The molecule has 0 aliphatic carbocycles. The largest absolute Gasteiger partial charge is 0.360 e. The third-order valence-electron chi connectivity index (χ3n) is 3.48. The number of hydrogen-bond donors (Lipinski definition) is 2. The van der Waals surface area contributed by atoms with Crippen LogP contribution in [0.15, 0.2) is 30.5 Å². The van der Waals surface area contributed by atoms with Crippen molar-refractivity contribution < 1.29 is 4.79 Å². The number of nitrogens with zero attached hydrogens (tertiary/aromatic N) is 1. The zero-order chi connectivity index (χ0) is 12.5. The fourth-order valence-corrected chi connectivity index (χ4v) is 2.54. The van der Waals surface area contributed by atoms with E-state index in [4.69, 9.17) is 0 Å². The van der Waals surface area contributed by atoms with E-state index in [1.54, 1.807) is 0 Å². The summed E-state index contributed by atoms with van der Waals surface area (Å²) in [7, 11) is 0. The summed E-state index contributed by atoms with van der Waals surface area (Å²) in [6.45, 7) is 4.53. The Morgan fingerprint density at radius 2 is 2.22 bits per heavy atom. The maximum Gasteiger partial charge on any atom is 0.256 e. The van der Waals surface area contributed by atoms with Gasteiger partial charge in [0.25, 0.3) is 5.91 Å². The molecule has 0 radical (unpaired) electrons. The molecule has 0 bridgehead atoms. The monoisotopic (exact) mass is 243 g/mol. The van der Waals surface area contributed by atoms with Gasteiger partial charge in [-0.1, -0.05) is 18.2 Å². The molecule has 4 nitrogen and oxygen atoms in total. The molecule has 3 rings (SSSR count). The molecule has 1 aliphatic rings. The van der Waals surface area contributed by atoms with Crippen LogP contribution in [-0.2, 0) is 0 Å². The van der Waals surface area contributed by atoms with Crippen LogP contribution in [0.4, 0.5) is 0 Å². The number of piperazine rings is 1. The smallest absolute Gasteiger partial charge is 0.256 e. The van der Waals surface area contributed by atoms with Crippen molar-refractivity contribution in [3.05, 3.63) is 36.0 Å². The maximum absolute atomic E-state index is 12.5. The average Bonchev–Trinajstić information content (AvgIpc) is 2.82. The van der Waals surface area contributed by atoms with E-state index in [1.807, 2.05) is 35.4 Å². The minimum absolute atomic E-state index is 0.126. The first-order valence-electron chi connectivity index (χ1n) is 6.34. The molecule has 1 fully saturated rings. The fourth-order valence-electron chi connectivity index (χ4n) is 2.54. The van der Waals surface area contributed by atoms with Crippen LogP contribution in [0.2, 0.25) is 0 Å². The van der Waals surface area contributed by atoms with Crippen molar-refractivity contribution in [3.63, 3.8) is 0 Å². The summed E-state index contributed by atoms with van der Waals surface area (Å²) in [4.78, 5) is 17.6. The van der Waals surface area contributed by atoms with Crippen LogP contribution in [0.1, 0.15) is 17.3 Å². The zero-order valence-electron chi connectivity index (χ0n) is 10.4. The van der Waals surface area contributed by atoms with E-state index in [9.17, 15) is 4.79 Å². The Kier molecular flexibility index (Phi) is 2.80. The number of aromatic nitrogens is 1. The molecular formula is C14H17N3O. The Labute approximate surface area is 106 Å². The Bertz CT molecular complexity index is 575. The number of carbonyl (C=O) groups excluding carboxylic acids is 1. The first-order valence-corrected chi connectivity index (χ1v) is 6.34. The number of amides is 1. The highest BCUT2D eigenvalue weighted by Crippen LogP contribution is 2.19. The summed E-state index contributed by atoms with van der Waals surface area (Å²) >= 11 is 0.